The Morgan fingerprint density at radius 3 is 2.36 bits per heavy atom. The number of benzene rings is 1. The average molecular weight is 620 g/mol. The molecule has 0 amide bonds. The van der Waals surface area contributed by atoms with Crippen molar-refractivity contribution in [3.05, 3.63) is 75.3 Å². The second-order valence-corrected chi connectivity index (χ2v) is 9.30. The number of aliphatic hydroxyl groups is 1. The molecule has 224 valence electrons. The first-order valence-corrected chi connectivity index (χ1v) is 12.3. The number of carbonyl (C=O) groups is 1. The third-order valence-electron chi connectivity index (χ3n) is 5.72. The van der Waals surface area contributed by atoms with Gasteiger partial charge in [-0.1, -0.05) is 11.6 Å². The van der Waals surface area contributed by atoms with Gasteiger partial charge >= 0.3 is 24.0 Å². The fourth-order valence-corrected chi connectivity index (χ4v) is 4.00. The van der Waals surface area contributed by atoms with Gasteiger partial charge in [-0.15, -0.1) is 10.2 Å². The maximum atomic E-state index is 13.8. The van der Waals surface area contributed by atoms with Gasteiger partial charge < -0.3 is 9.84 Å². The lowest BCUT2D eigenvalue weighted by atomic mass is 10.2. The van der Waals surface area contributed by atoms with Crippen LogP contribution in [0.2, 0.25) is 5.02 Å². The van der Waals surface area contributed by atoms with E-state index in [-0.39, 0.29) is 23.0 Å². The molecule has 4 aromatic rings. The fraction of sp³-hybridized carbons (Fsp3) is 0.333. The van der Waals surface area contributed by atoms with E-state index >= 15 is 0 Å². The van der Waals surface area contributed by atoms with Gasteiger partial charge in [0.05, 0.1) is 6.54 Å². The van der Waals surface area contributed by atoms with Gasteiger partial charge in [-0.25, -0.2) is 19.4 Å². The zero-order valence-corrected chi connectivity index (χ0v) is 22.3. The number of alkyl halides is 6. The number of nitrogens with zero attached hydrogens (tertiary/aromatic N) is 7. The van der Waals surface area contributed by atoms with Gasteiger partial charge in [0.2, 0.25) is 0 Å². The first-order chi connectivity index (χ1) is 19.6. The van der Waals surface area contributed by atoms with Crippen molar-refractivity contribution < 1.29 is 41.0 Å². The van der Waals surface area contributed by atoms with Crippen molar-refractivity contribution in [2.75, 3.05) is 0 Å². The number of ether oxygens (including phenoxy) is 1. The maximum Gasteiger partial charge on any atom is 0.420 e. The highest BCUT2D eigenvalue weighted by molar-refractivity contribution is 6.30. The van der Waals surface area contributed by atoms with Crippen molar-refractivity contribution in [3.63, 3.8) is 0 Å². The number of pyridine rings is 1. The van der Waals surface area contributed by atoms with Crippen LogP contribution in [0.15, 0.2) is 47.4 Å². The minimum absolute atomic E-state index is 0.176. The smallest absolute Gasteiger partial charge is 0.420 e. The summed E-state index contributed by atoms with van der Waals surface area (Å²) in [6.45, 7) is 0.551. The molecule has 0 aliphatic carbocycles. The molecule has 42 heavy (non-hydrogen) atoms. The zero-order valence-electron chi connectivity index (χ0n) is 21.6. The van der Waals surface area contributed by atoms with Crippen LogP contribution in [-0.2, 0) is 28.8 Å². The van der Waals surface area contributed by atoms with E-state index < -0.39 is 60.7 Å². The van der Waals surface area contributed by atoms with Crippen LogP contribution in [0.5, 0.6) is 0 Å². The molecule has 0 bridgehead atoms. The van der Waals surface area contributed by atoms with Crippen LogP contribution in [0, 0.1) is 0 Å². The molecule has 18 heteroatoms. The van der Waals surface area contributed by atoms with E-state index in [2.05, 4.69) is 20.2 Å². The lowest BCUT2D eigenvalue weighted by Gasteiger charge is -2.15. The molecule has 0 unspecified atom stereocenters. The Balaban J connectivity index is 1.83. The van der Waals surface area contributed by atoms with E-state index in [0.717, 1.165) is 25.3 Å². The van der Waals surface area contributed by atoms with Crippen molar-refractivity contribution in [2.24, 2.45) is 0 Å². The average Bonchev–Trinajstić information content (AvgIpc) is 3.45. The maximum absolute atomic E-state index is 13.8. The Morgan fingerprint density at radius 1 is 1.10 bits per heavy atom. The third kappa shape index (κ3) is 6.62. The normalized spacial score (nSPS) is 13.7. The first-order valence-electron chi connectivity index (χ1n) is 11.9. The summed E-state index contributed by atoms with van der Waals surface area (Å²) in [6, 6.07) is 7.39. The topological polar surface area (TPSA) is 130 Å². The number of hydrogen-bond acceptors (Lipinski definition) is 8. The number of aliphatic hydroxyl groups excluding tert-OH is 1. The predicted molar refractivity (Wildman–Crippen MR) is 132 cm³/mol. The van der Waals surface area contributed by atoms with E-state index in [1.807, 2.05) is 0 Å². The summed E-state index contributed by atoms with van der Waals surface area (Å²) in [7, 11) is 0. The highest BCUT2D eigenvalue weighted by Crippen LogP contribution is 2.33. The number of aromatic nitrogens is 7. The monoisotopic (exact) mass is 619 g/mol. The summed E-state index contributed by atoms with van der Waals surface area (Å²) in [5, 5.41) is 18.1. The largest absolute Gasteiger partial charge is 0.455 e. The Hall–Kier alpha value is -4.25. The molecule has 2 atom stereocenters. The molecule has 0 saturated carbocycles. The summed E-state index contributed by atoms with van der Waals surface area (Å²) in [5.41, 5.74) is -2.12. The van der Waals surface area contributed by atoms with Gasteiger partial charge in [-0.3, -0.25) is 9.36 Å². The summed E-state index contributed by atoms with van der Waals surface area (Å²) < 4.78 is 87.7. The minimum Gasteiger partial charge on any atom is -0.455 e. The lowest BCUT2D eigenvalue weighted by Crippen LogP contribution is -2.37. The first kappa shape index (κ1) is 30.7. The van der Waals surface area contributed by atoms with Gasteiger partial charge in [-0.2, -0.15) is 31.0 Å². The van der Waals surface area contributed by atoms with Crippen LogP contribution < -0.4 is 5.69 Å². The second kappa shape index (κ2) is 11.6. The molecule has 11 nitrogen and oxygen atoms in total. The van der Waals surface area contributed by atoms with E-state index in [9.17, 15) is 41.0 Å². The van der Waals surface area contributed by atoms with Crippen molar-refractivity contribution in [2.45, 2.75) is 51.5 Å². The van der Waals surface area contributed by atoms with Gasteiger partial charge in [0.15, 0.2) is 35.5 Å². The molecule has 1 N–H and O–H groups in total. The third-order valence-corrected chi connectivity index (χ3v) is 5.98. The molecule has 0 aliphatic heterocycles. The molecule has 3 heterocycles. The van der Waals surface area contributed by atoms with E-state index in [1.165, 1.54) is 31.2 Å². The molecular weight excluding hydrogens is 600 g/mol. The van der Waals surface area contributed by atoms with Crippen LogP contribution >= 0.6 is 11.6 Å². The predicted octanol–water partition coefficient (Wildman–Crippen LogP) is 3.96. The number of halogens is 7. The van der Waals surface area contributed by atoms with Gasteiger partial charge in [0.25, 0.3) is 0 Å². The van der Waals surface area contributed by atoms with E-state index in [1.54, 1.807) is 0 Å². The van der Waals surface area contributed by atoms with Gasteiger partial charge in [-0.05, 0) is 43.3 Å². The summed E-state index contributed by atoms with van der Waals surface area (Å²) in [4.78, 5) is 32.6. The quantitative estimate of drug-likeness (QED) is 0.232. The summed E-state index contributed by atoms with van der Waals surface area (Å²) >= 11 is 5.88. The molecule has 0 spiro atoms. The van der Waals surface area contributed by atoms with Crippen LogP contribution in [-0.4, -0.2) is 57.5 Å². The minimum atomic E-state index is -5.06. The molecule has 4 rings (SSSR count). The molecule has 1 aromatic carbocycles. The number of esters is 1. The second-order valence-electron chi connectivity index (χ2n) is 8.86. The molecule has 0 aliphatic rings. The molecule has 3 aromatic heterocycles. The van der Waals surface area contributed by atoms with Crippen LogP contribution in [0.1, 0.15) is 37.2 Å². The van der Waals surface area contributed by atoms with Gasteiger partial charge in [0, 0.05) is 23.7 Å². The summed E-state index contributed by atoms with van der Waals surface area (Å²) in [5.74, 6) is -2.35. The Bertz CT molecular complexity index is 1650. The molecule has 0 fully saturated rings. The van der Waals surface area contributed by atoms with Crippen molar-refractivity contribution >= 4 is 17.6 Å². The van der Waals surface area contributed by atoms with Crippen LogP contribution in [0.3, 0.4) is 0 Å². The Morgan fingerprint density at radius 2 is 1.76 bits per heavy atom. The number of rotatable bonds is 8. The van der Waals surface area contributed by atoms with Crippen LogP contribution in [0.4, 0.5) is 26.3 Å². The molecule has 0 saturated heterocycles. The van der Waals surface area contributed by atoms with Crippen LogP contribution in [0.25, 0.3) is 17.2 Å². The van der Waals surface area contributed by atoms with Crippen molar-refractivity contribution in [1.82, 2.24) is 34.1 Å². The fourth-order valence-electron chi connectivity index (χ4n) is 3.87. The number of carbonyl (C=O) groups excluding carboxylic acids is 1. The van der Waals surface area contributed by atoms with E-state index in [4.69, 9.17) is 16.3 Å². The Kier molecular flexibility index (Phi) is 8.45. The SMILES string of the molecule is CC(=O)O[C@H](C)c1nc(Cn2nc(-c3ccc(Cl)cc3)n(C[C@H](O)C(F)(F)F)c2=O)nn1-c1ncccc1C(F)(F)F. The lowest BCUT2D eigenvalue weighted by molar-refractivity contribution is -0.207. The summed E-state index contributed by atoms with van der Waals surface area (Å²) in [6.07, 6.45) is -13.0. The number of hydrogen-bond donors (Lipinski definition) is 1. The highest BCUT2D eigenvalue weighted by Gasteiger charge is 2.40. The van der Waals surface area contributed by atoms with Crippen molar-refractivity contribution in [3.8, 4) is 17.2 Å². The molecular formula is C24H20ClF6N7O4. The van der Waals surface area contributed by atoms with E-state index in [0.29, 0.717) is 19.0 Å². The molecule has 0 radical (unpaired) electrons. The van der Waals surface area contributed by atoms with Crippen molar-refractivity contribution in [1.29, 1.82) is 0 Å². The van der Waals surface area contributed by atoms with Gasteiger partial charge in [0.1, 0.15) is 12.1 Å². The zero-order chi connectivity index (χ0) is 31.0. The standard InChI is InChI=1S/C24H20ClF6N7O4/c1-12(42-13(2)39)19-33-18(34-38(19)21-16(23(26,27)28)4-3-9-32-21)11-37-22(41)36(10-17(40)24(29,30)31)20(35-37)14-5-7-15(25)8-6-14/h3-9,12,17,40H,10-11H2,1-2H3/t12-,17+/m1/s1. The highest BCUT2D eigenvalue weighted by atomic mass is 35.5. The Labute approximate surface area is 236 Å².